The van der Waals surface area contributed by atoms with Crippen molar-refractivity contribution >= 4 is 15.9 Å². The van der Waals surface area contributed by atoms with E-state index >= 15 is 0 Å². The largest absolute Gasteiger partial charge is 0.416 e. The second-order valence-electron chi connectivity index (χ2n) is 6.11. The minimum Gasteiger partial charge on any atom is -0.347 e. The lowest BCUT2D eigenvalue weighted by Gasteiger charge is -2.37. The normalized spacial score (nSPS) is 16.3. The lowest BCUT2D eigenvalue weighted by molar-refractivity contribution is -0.137. The molecule has 1 saturated heterocycles. The first kappa shape index (κ1) is 18.5. The highest BCUT2D eigenvalue weighted by Gasteiger charge is 2.35. The molecule has 1 aromatic carbocycles. The molecule has 0 spiro atoms. The molecule has 6 nitrogen and oxygen atoms in total. The van der Waals surface area contributed by atoms with Crippen molar-refractivity contribution < 1.29 is 26.4 Å². The fraction of sp³-hybridized carbons (Fsp3) is 0.312. The molecule has 10 heteroatoms. The first-order chi connectivity index (χ1) is 12.0. The molecule has 0 aliphatic carbocycles. The number of carbonyl (C=O) groups excluding carboxylic acids is 1. The van der Waals surface area contributed by atoms with E-state index in [9.17, 15) is 26.4 Å². The first-order valence-electron chi connectivity index (χ1n) is 7.65. The van der Waals surface area contributed by atoms with Gasteiger partial charge in [0.25, 0.3) is 5.91 Å². The Bertz CT molecular complexity index is 918. The van der Waals surface area contributed by atoms with E-state index in [4.69, 9.17) is 0 Å². The van der Waals surface area contributed by atoms with E-state index in [1.807, 2.05) is 0 Å². The van der Waals surface area contributed by atoms with Crippen LogP contribution in [0.3, 0.4) is 0 Å². The van der Waals surface area contributed by atoms with Gasteiger partial charge in [0.1, 0.15) is 0 Å². The van der Waals surface area contributed by atoms with Crippen LogP contribution in [0.5, 0.6) is 0 Å². The predicted octanol–water partition coefficient (Wildman–Crippen LogP) is 1.87. The molecule has 0 bridgehead atoms. The van der Waals surface area contributed by atoms with E-state index in [2.05, 4.69) is 5.32 Å². The van der Waals surface area contributed by atoms with Gasteiger partial charge in [0.05, 0.1) is 17.9 Å². The monoisotopic (exact) mass is 387 g/mol. The Morgan fingerprint density at radius 1 is 1.15 bits per heavy atom. The molecule has 26 heavy (non-hydrogen) atoms. The van der Waals surface area contributed by atoms with Crippen molar-refractivity contribution in [1.29, 1.82) is 0 Å². The number of aromatic nitrogens is 1. The van der Waals surface area contributed by atoms with Crippen LogP contribution in [0.1, 0.15) is 15.9 Å². The van der Waals surface area contributed by atoms with Gasteiger partial charge in [-0.25, -0.2) is 8.42 Å². The molecule has 0 saturated carbocycles. The van der Waals surface area contributed by atoms with Crippen molar-refractivity contribution in [1.82, 2.24) is 14.2 Å². The third kappa shape index (κ3) is 3.91. The van der Waals surface area contributed by atoms with Gasteiger partial charge in [0.15, 0.2) is 0 Å². The van der Waals surface area contributed by atoms with Crippen molar-refractivity contribution in [3.63, 3.8) is 0 Å². The molecule has 2 aromatic rings. The number of hydrogen-bond acceptors (Lipinski definition) is 3. The highest BCUT2D eigenvalue weighted by Crippen LogP contribution is 2.31. The minimum absolute atomic E-state index is 0.105. The van der Waals surface area contributed by atoms with E-state index in [1.165, 1.54) is 14.9 Å². The van der Waals surface area contributed by atoms with E-state index < -0.39 is 33.7 Å². The third-order valence-electron chi connectivity index (χ3n) is 4.06. The van der Waals surface area contributed by atoms with Crippen molar-refractivity contribution in [3.05, 3.63) is 53.9 Å². The molecular weight excluding hydrogens is 371 g/mol. The number of amides is 1. The second-order valence-corrected chi connectivity index (χ2v) is 8.09. The molecule has 0 atom stereocenters. The van der Waals surface area contributed by atoms with Crippen molar-refractivity contribution in [2.24, 2.45) is 0 Å². The maximum absolute atomic E-state index is 13.2. The van der Waals surface area contributed by atoms with E-state index in [1.54, 1.807) is 24.5 Å². The molecule has 2 heterocycles. The number of sulfonamides is 1. The van der Waals surface area contributed by atoms with Gasteiger partial charge in [0, 0.05) is 36.7 Å². The fourth-order valence-corrected chi connectivity index (χ4v) is 3.53. The summed E-state index contributed by atoms with van der Waals surface area (Å²) >= 11 is 0. The van der Waals surface area contributed by atoms with Crippen molar-refractivity contribution in [2.75, 3.05) is 19.3 Å². The minimum atomic E-state index is -4.60. The topological polar surface area (TPSA) is 71.4 Å². The number of carbonyl (C=O) groups is 1. The Kier molecular flexibility index (Phi) is 4.57. The van der Waals surface area contributed by atoms with Crippen molar-refractivity contribution in [3.8, 4) is 5.69 Å². The Balaban J connectivity index is 1.83. The number of benzene rings is 1. The Hall–Kier alpha value is -2.33. The SMILES string of the molecule is CS(=O)(=O)N1CC(NC(=O)c2cc(-n3cccc3)cc(C(F)(F)F)c2)C1. The number of hydrogen-bond donors (Lipinski definition) is 1. The summed E-state index contributed by atoms with van der Waals surface area (Å²) in [6.07, 6.45) is -0.386. The third-order valence-corrected chi connectivity index (χ3v) is 5.30. The number of nitrogens with one attached hydrogen (secondary N) is 1. The average Bonchev–Trinajstić information content (AvgIpc) is 3.02. The van der Waals surface area contributed by atoms with Gasteiger partial charge in [-0.05, 0) is 30.3 Å². The van der Waals surface area contributed by atoms with Crippen LogP contribution in [0.2, 0.25) is 0 Å². The molecule has 140 valence electrons. The van der Waals surface area contributed by atoms with Crippen LogP contribution in [0, 0.1) is 0 Å². The lowest BCUT2D eigenvalue weighted by Crippen LogP contribution is -2.60. The maximum Gasteiger partial charge on any atom is 0.416 e. The number of rotatable bonds is 4. The summed E-state index contributed by atoms with van der Waals surface area (Å²) in [6, 6.07) is 6.00. The van der Waals surface area contributed by atoms with Gasteiger partial charge in [-0.3, -0.25) is 4.79 Å². The standard InChI is InChI=1S/C16H16F3N3O3S/c1-26(24,25)22-9-13(10-22)20-15(23)11-6-12(16(17,18)19)8-14(7-11)21-4-2-3-5-21/h2-8,13H,9-10H2,1H3,(H,20,23). The molecule has 1 fully saturated rings. The van der Waals surface area contributed by atoms with Gasteiger partial charge in [-0.2, -0.15) is 17.5 Å². The summed E-state index contributed by atoms with van der Waals surface area (Å²) in [5, 5.41) is 2.56. The van der Waals surface area contributed by atoms with Gasteiger partial charge in [-0.1, -0.05) is 0 Å². The Morgan fingerprint density at radius 3 is 2.31 bits per heavy atom. The highest BCUT2D eigenvalue weighted by molar-refractivity contribution is 7.88. The first-order valence-corrected chi connectivity index (χ1v) is 9.50. The maximum atomic E-state index is 13.2. The number of nitrogens with zero attached hydrogens (tertiary/aromatic N) is 2. The molecule has 1 aliphatic heterocycles. The molecular formula is C16H16F3N3O3S. The summed E-state index contributed by atoms with van der Waals surface area (Å²) in [6.45, 7) is 0.210. The zero-order valence-corrected chi connectivity index (χ0v) is 14.5. The molecule has 0 radical (unpaired) electrons. The molecule has 1 aliphatic rings. The zero-order valence-electron chi connectivity index (χ0n) is 13.7. The van der Waals surface area contributed by atoms with E-state index in [0.717, 1.165) is 18.4 Å². The molecule has 3 rings (SSSR count). The predicted molar refractivity (Wildman–Crippen MR) is 88.4 cm³/mol. The fourth-order valence-electron chi connectivity index (χ4n) is 2.63. The van der Waals surface area contributed by atoms with Crippen LogP contribution in [0.4, 0.5) is 13.2 Å². The van der Waals surface area contributed by atoms with Crippen LogP contribution in [-0.4, -0.2) is 48.6 Å². The van der Waals surface area contributed by atoms with Gasteiger partial charge in [0.2, 0.25) is 10.0 Å². The highest BCUT2D eigenvalue weighted by atomic mass is 32.2. The van der Waals surface area contributed by atoms with Crippen molar-refractivity contribution in [2.45, 2.75) is 12.2 Å². The van der Waals surface area contributed by atoms with Crippen LogP contribution in [0.15, 0.2) is 42.7 Å². The Labute approximate surface area is 148 Å². The second kappa shape index (κ2) is 6.44. The average molecular weight is 387 g/mol. The van der Waals surface area contributed by atoms with Crippen LogP contribution in [-0.2, 0) is 16.2 Å². The van der Waals surface area contributed by atoms with Crippen LogP contribution >= 0.6 is 0 Å². The smallest absolute Gasteiger partial charge is 0.347 e. The zero-order chi connectivity index (χ0) is 19.1. The Morgan fingerprint density at radius 2 is 1.77 bits per heavy atom. The summed E-state index contributed by atoms with van der Waals surface area (Å²) in [7, 11) is -3.33. The van der Waals surface area contributed by atoms with Crippen LogP contribution in [0.25, 0.3) is 5.69 Å². The van der Waals surface area contributed by atoms with Gasteiger partial charge in [-0.15, -0.1) is 0 Å². The van der Waals surface area contributed by atoms with E-state index in [0.29, 0.717) is 0 Å². The number of alkyl halides is 3. The van der Waals surface area contributed by atoms with Gasteiger partial charge < -0.3 is 9.88 Å². The number of halogens is 3. The molecule has 1 amide bonds. The lowest BCUT2D eigenvalue weighted by atomic mass is 10.1. The molecule has 1 aromatic heterocycles. The van der Waals surface area contributed by atoms with Gasteiger partial charge >= 0.3 is 6.18 Å². The molecule has 1 N–H and O–H groups in total. The quantitative estimate of drug-likeness (QED) is 0.871. The van der Waals surface area contributed by atoms with Crippen LogP contribution < -0.4 is 5.32 Å². The molecule has 0 unspecified atom stereocenters. The summed E-state index contributed by atoms with van der Waals surface area (Å²) in [5.41, 5.74) is -0.858. The van der Waals surface area contributed by atoms with E-state index in [-0.39, 0.29) is 24.3 Å². The summed E-state index contributed by atoms with van der Waals surface area (Å²) in [5.74, 6) is -0.678. The summed E-state index contributed by atoms with van der Waals surface area (Å²) in [4.78, 5) is 12.3. The summed E-state index contributed by atoms with van der Waals surface area (Å²) < 4.78 is 64.8.